The van der Waals surface area contributed by atoms with Crippen molar-refractivity contribution in [1.29, 1.82) is 0 Å². The number of halogens is 1. The predicted octanol–water partition coefficient (Wildman–Crippen LogP) is 6.15. The molecule has 9 heteroatoms. The van der Waals surface area contributed by atoms with Crippen LogP contribution in [0.2, 0.25) is 5.02 Å². The van der Waals surface area contributed by atoms with Gasteiger partial charge in [-0.3, -0.25) is 14.5 Å². The molecule has 0 saturated carbocycles. The van der Waals surface area contributed by atoms with Gasteiger partial charge in [-0.15, -0.1) is 0 Å². The molecule has 1 saturated heterocycles. The maximum atomic E-state index is 13.1. The number of hydrogen-bond donors (Lipinski definition) is 1. The van der Waals surface area contributed by atoms with Crippen molar-refractivity contribution in [2.75, 3.05) is 18.1 Å². The molecule has 1 aliphatic rings. The van der Waals surface area contributed by atoms with Gasteiger partial charge < -0.3 is 14.8 Å². The molecule has 1 heterocycles. The monoisotopic (exact) mass is 552 g/mol. The average Bonchev–Trinajstić information content (AvgIpc) is 3.17. The summed E-state index contributed by atoms with van der Waals surface area (Å²) >= 11 is 12.9. The maximum absolute atomic E-state index is 13.1. The van der Waals surface area contributed by atoms with Crippen LogP contribution >= 0.6 is 35.6 Å². The van der Waals surface area contributed by atoms with Crippen molar-refractivity contribution in [3.05, 3.63) is 93.3 Å². The fraction of sp³-hybridized carbons (Fsp3) is 0.179. The maximum Gasteiger partial charge on any atom is 0.270 e. The van der Waals surface area contributed by atoms with Gasteiger partial charge in [-0.2, -0.15) is 0 Å². The van der Waals surface area contributed by atoms with Crippen LogP contribution in [0.1, 0.15) is 23.6 Å². The van der Waals surface area contributed by atoms with Gasteiger partial charge in [0.25, 0.3) is 11.8 Å². The molecule has 37 heavy (non-hydrogen) atoms. The summed E-state index contributed by atoms with van der Waals surface area (Å²) in [7, 11) is 0. The highest BCUT2D eigenvalue weighted by Crippen LogP contribution is 2.38. The number of thiocarbonyl (C=S) groups is 1. The van der Waals surface area contributed by atoms with E-state index in [2.05, 4.69) is 5.32 Å². The lowest BCUT2D eigenvalue weighted by Crippen LogP contribution is -2.28. The number of hydrogen-bond acceptors (Lipinski definition) is 6. The summed E-state index contributed by atoms with van der Waals surface area (Å²) in [5.74, 6) is 0.460. The fourth-order valence-electron chi connectivity index (χ4n) is 3.56. The van der Waals surface area contributed by atoms with E-state index in [1.807, 2.05) is 56.3 Å². The van der Waals surface area contributed by atoms with Crippen LogP contribution in [-0.2, 0) is 16.1 Å². The second-order valence-corrected chi connectivity index (χ2v) is 10.2. The van der Waals surface area contributed by atoms with Crippen LogP contribution in [0.25, 0.3) is 6.08 Å². The van der Waals surface area contributed by atoms with Crippen LogP contribution in [0.15, 0.2) is 71.6 Å². The van der Waals surface area contributed by atoms with Crippen molar-refractivity contribution in [1.82, 2.24) is 5.32 Å². The van der Waals surface area contributed by atoms with Gasteiger partial charge in [0.05, 0.1) is 17.2 Å². The summed E-state index contributed by atoms with van der Waals surface area (Å²) < 4.78 is 11.9. The lowest BCUT2D eigenvalue weighted by atomic mass is 10.1. The van der Waals surface area contributed by atoms with E-state index in [0.29, 0.717) is 44.6 Å². The van der Waals surface area contributed by atoms with Gasteiger partial charge in [-0.25, -0.2) is 0 Å². The van der Waals surface area contributed by atoms with Gasteiger partial charge in [-0.1, -0.05) is 78.0 Å². The minimum Gasteiger partial charge on any atom is -0.490 e. The first kappa shape index (κ1) is 26.7. The SMILES string of the molecule is CCOc1cc(/C=C2\SC(=S)N(c3ccc(C)c(Cl)c3)C2=O)ccc1OCC(=O)NCc1ccccc1. The molecule has 1 N–H and O–H groups in total. The Balaban J connectivity index is 1.45. The Morgan fingerprint density at radius 1 is 1.08 bits per heavy atom. The molecule has 2 amide bonds. The highest BCUT2D eigenvalue weighted by Gasteiger charge is 2.33. The number of nitrogens with one attached hydrogen (secondary N) is 1. The Kier molecular flexibility index (Phi) is 8.87. The van der Waals surface area contributed by atoms with Crippen molar-refractivity contribution >= 4 is 63.5 Å². The molecular weight excluding hydrogens is 528 g/mol. The van der Waals surface area contributed by atoms with Crippen molar-refractivity contribution < 1.29 is 19.1 Å². The third-order valence-corrected chi connectivity index (χ3v) is 7.17. The Labute approximate surface area is 230 Å². The lowest BCUT2D eigenvalue weighted by Gasteiger charge is -2.15. The summed E-state index contributed by atoms with van der Waals surface area (Å²) in [4.78, 5) is 27.4. The van der Waals surface area contributed by atoms with E-state index in [-0.39, 0.29) is 18.4 Å². The van der Waals surface area contributed by atoms with E-state index >= 15 is 0 Å². The summed E-state index contributed by atoms with van der Waals surface area (Å²) in [6, 6.07) is 20.4. The van der Waals surface area contributed by atoms with Crippen molar-refractivity contribution in [2.45, 2.75) is 20.4 Å². The minimum absolute atomic E-state index is 0.149. The quantitative estimate of drug-likeness (QED) is 0.254. The molecule has 0 radical (unpaired) electrons. The second kappa shape index (κ2) is 12.3. The van der Waals surface area contributed by atoms with Gasteiger partial charge in [0.1, 0.15) is 0 Å². The molecule has 4 rings (SSSR count). The predicted molar refractivity (Wildman–Crippen MR) is 153 cm³/mol. The van der Waals surface area contributed by atoms with Gasteiger partial charge >= 0.3 is 0 Å². The van der Waals surface area contributed by atoms with Crippen molar-refractivity contribution in [2.24, 2.45) is 0 Å². The number of thioether (sulfide) groups is 1. The van der Waals surface area contributed by atoms with Crippen molar-refractivity contribution in [3.8, 4) is 11.5 Å². The van der Waals surface area contributed by atoms with E-state index in [9.17, 15) is 9.59 Å². The normalized spacial score (nSPS) is 14.2. The van der Waals surface area contributed by atoms with Gasteiger partial charge in [0.15, 0.2) is 22.4 Å². The zero-order chi connectivity index (χ0) is 26.4. The summed E-state index contributed by atoms with van der Waals surface area (Å²) in [5, 5.41) is 3.40. The average molecular weight is 553 g/mol. The van der Waals surface area contributed by atoms with E-state index in [0.717, 1.165) is 16.7 Å². The third-order valence-electron chi connectivity index (χ3n) is 5.46. The number of nitrogens with zero attached hydrogens (tertiary/aromatic N) is 1. The van der Waals surface area contributed by atoms with Gasteiger partial charge in [0, 0.05) is 11.6 Å². The number of benzene rings is 3. The van der Waals surface area contributed by atoms with E-state index in [1.165, 1.54) is 16.7 Å². The summed E-state index contributed by atoms with van der Waals surface area (Å²) in [6.07, 6.45) is 1.76. The molecule has 3 aromatic carbocycles. The zero-order valence-electron chi connectivity index (χ0n) is 20.3. The van der Waals surface area contributed by atoms with Gasteiger partial charge in [0.2, 0.25) is 0 Å². The molecule has 6 nitrogen and oxygen atoms in total. The van der Waals surface area contributed by atoms with Gasteiger partial charge in [-0.05, 0) is 60.9 Å². The van der Waals surface area contributed by atoms with E-state index < -0.39 is 0 Å². The first-order chi connectivity index (χ1) is 17.9. The van der Waals surface area contributed by atoms with E-state index in [1.54, 1.807) is 30.3 Å². The second-order valence-electron chi connectivity index (χ2n) is 8.14. The van der Waals surface area contributed by atoms with Crippen LogP contribution in [0.4, 0.5) is 5.69 Å². The standard InChI is InChI=1S/C28H25ClN2O4S2/c1-3-34-24-13-20(10-12-23(24)35-17-26(32)30-16-19-7-5-4-6-8-19)14-25-27(33)31(28(36)37-25)21-11-9-18(2)22(29)15-21/h4-15H,3,16-17H2,1-2H3,(H,30,32)/b25-14-. The molecule has 1 fully saturated rings. The summed E-state index contributed by atoms with van der Waals surface area (Å²) in [5.41, 5.74) is 3.30. The molecule has 0 unspecified atom stereocenters. The van der Waals surface area contributed by atoms with E-state index in [4.69, 9.17) is 33.3 Å². The molecule has 3 aromatic rings. The molecule has 0 aromatic heterocycles. The first-order valence-electron chi connectivity index (χ1n) is 11.6. The molecular formula is C28H25ClN2O4S2. The number of aryl methyl sites for hydroxylation is 1. The highest BCUT2D eigenvalue weighted by molar-refractivity contribution is 8.27. The third kappa shape index (κ3) is 6.71. The number of amides is 2. The lowest BCUT2D eigenvalue weighted by molar-refractivity contribution is -0.123. The van der Waals surface area contributed by atoms with Crippen LogP contribution in [0, 0.1) is 6.92 Å². The van der Waals surface area contributed by atoms with Crippen LogP contribution in [0.3, 0.4) is 0 Å². The Morgan fingerprint density at radius 3 is 2.59 bits per heavy atom. The Bertz CT molecular complexity index is 1360. The zero-order valence-corrected chi connectivity index (χ0v) is 22.7. The minimum atomic E-state index is -0.240. The molecule has 0 atom stereocenters. The smallest absolute Gasteiger partial charge is 0.270 e. The first-order valence-corrected chi connectivity index (χ1v) is 13.2. The number of rotatable bonds is 9. The van der Waals surface area contributed by atoms with Crippen LogP contribution in [0.5, 0.6) is 11.5 Å². The molecule has 0 bridgehead atoms. The topological polar surface area (TPSA) is 67.9 Å². The largest absolute Gasteiger partial charge is 0.490 e. The molecule has 0 spiro atoms. The number of ether oxygens (including phenoxy) is 2. The molecule has 190 valence electrons. The number of carbonyl (C=O) groups excluding carboxylic acids is 2. The number of carbonyl (C=O) groups is 2. The highest BCUT2D eigenvalue weighted by atomic mass is 35.5. The fourth-order valence-corrected chi connectivity index (χ4v) is 5.03. The Hall–Kier alpha value is -3.33. The molecule has 1 aliphatic heterocycles. The molecule has 0 aliphatic carbocycles. The Morgan fingerprint density at radius 2 is 1.86 bits per heavy atom. The van der Waals surface area contributed by atoms with Crippen LogP contribution < -0.4 is 19.7 Å². The summed E-state index contributed by atoms with van der Waals surface area (Å²) in [6.45, 7) is 4.45. The van der Waals surface area contributed by atoms with Crippen LogP contribution in [-0.4, -0.2) is 29.3 Å². The van der Waals surface area contributed by atoms with Crippen molar-refractivity contribution in [3.63, 3.8) is 0 Å². The number of anilines is 1.